The summed E-state index contributed by atoms with van der Waals surface area (Å²) in [4.78, 5) is 0. The molecule has 0 amide bonds. The van der Waals surface area contributed by atoms with Gasteiger partial charge in [0.25, 0.3) is 0 Å². The van der Waals surface area contributed by atoms with Gasteiger partial charge in [0.2, 0.25) is 0 Å². The van der Waals surface area contributed by atoms with E-state index in [4.69, 9.17) is 15.6 Å². The fourth-order valence-electron chi connectivity index (χ4n) is 0.620. The van der Waals surface area contributed by atoms with Crippen LogP contribution < -0.4 is 5.73 Å². The van der Waals surface area contributed by atoms with Crippen LogP contribution in [-0.2, 0) is 9.84 Å². The van der Waals surface area contributed by atoms with Gasteiger partial charge in [-0.1, -0.05) is 0 Å². The van der Waals surface area contributed by atoms with Gasteiger partial charge in [0.15, 0.2) is 0 Å². The van der Waals surface area contributed by atoms with Gasteiger partial charge in [-0.3, -0.25) is 0 Å². The third-order valence-electron chi connectivity index (χ3n) is 1.15. The Balaban J connectivity index is 3.21. The average Bonchev–Trinajstić information content (AvgIpc) is 1.98. The van der Waals surface area contributed by atoms with Crippen LogP contribution in [0.25, 0.3) is 0 Å². The van der Waals surface area contributed by atoms with E-state index in [2.05, 4.69) is 0 Å². The Morgan fingerprint density at radius 1 is 1.60 bits per heavy atom. The molecule has 61 valence electrons. The maximum atomic E-state index is 10.1. The first kappa shape index (κ1) is 9.84. The maximum Gasteiger partial charge on any atom is 0.0847 e. The first-order chi connectivity index (χ1) is 4.85. The Kier molecular flexibility index (Phi) is 6.84. The molecule has 0 saturated carbocycles. The molecule has 0 saturated heterocycles. The summed E-state index contributed by atoms with van der Waals surface area (Å²) in [5.74, 6) is 0. The monoisotopic (exact) mass is 148 g/mol. The largest absolute Gasteiger partial charge is 0.394 e. The highest BCUT2D eigenvalue weighted by atomic mass is 16.5. The van der Waals surface area contributed by atoms with Gasteiger partial charge in [-0.05, 0) is 0 Å². The minimum atomic E-state index is -0.176. The first-order valence-corrected chi connectivity index (χ1v) is 3.35. The third-order valence-corrected chi connectivity index (χ3v) is 1.15. The van der Waals surface area contributed by atoms with Crippen LogP contribution in [0.2, 0.25) is 0 Å². The summed E-state index contributed by atoms with van der Waals surface area (Å²) < 4.78 is 5.01. The molecule has 0 aliphatic rings. The molecule has 4 heteroatoms. The second-order valence-corrected chi connectivity index (χ2v) is 1.94. The van der Waals surface area contributed by atoms with E-state index in [1.165, 1.54) is 0 Å². The van der Waals surface area contributed by atoms with Crippen LogP contribution >= 0.6 is 0 Å². The van der Waals surface area contributed by atoms with Gasteiger partial charge in [-0.25, -0.2) is 5.11 Å². The lowest BCUT2D eigenvalue weighted by atomic mass is 10.3. The van der Waals surface area contributed by atoms with Crippen molar-refractivity contribution in [1.29, 1.82) is 0 Å². The zero-order valence-electron chi connectivity index (χ0n) is 5.95. The second kappa shape index (κ2) is 6.95. The van der Waals surface area contributed by atoms with Crippen LogP contribution in [0.5, 0.6) is 0 Å². The molecule has 1 radical (unpaired) electrons. The Morgan fingerprint density at radius 2 is 2.30 bits per heavy atom. The number of aliphatic hydroxyl groups is 1. The van der Waals surface area contributed by atoms with Crippen LogP contribution in [0.3, 0.4) is 0 Å². The SMILES string of the molecule is NCC(CC[O])OCCO. The fourth-order valence-corrected chi connectivity index (χ4v) is 0.620. The third kappa shape index (κ3) is 4.69. The lowest BCUT2D eigenvalue weighted by Gasteiger charge is -2.12. The van der Waals surface area contributed by atoms with E-state index in [-0.39, 0.29) is 25.9 Å². The number of hydrogen-bond donors (Lipinski definition) is 2. The van der Waals surface area contributed by atoms with Gasteiger partial charge >= 0.3 is 0 Å². The van der Waals surface area contributed by atoms with E-state index in [1.54, 1.807) is 0 Å². The van der Waals surface area contributed by atoms with Crippen molar-refractivity contribution >= 4 is 0 Å². The van der Waals surface area contributed by atoms with Gasteiger partial charge in [0, 0.05) is 13.0 Å². The summed E-state index contributed by atoms with van der Waals surface area (Å²) in [6.45, 7) is 0.423. The maximum absolute atomic E-state index is 10.1. The molecule has 0 heterocycles. The molecule has 0 aromatic rings. The minimum absolute atomic E-state index is 0.0185. The predicted octanol–water partition coefficient (Wildman–Crippen LogP) is -0.857. The number of rotatable bonds is 6. The van der Waals surface area contributed by atoms with Crippen molar-refractivity contribution in [2.75, 3.05) is 26.4 Å². The number of nitrogens with two attached hydrogens (primary N) is 1. The molecule has 0 aliphatic heterocycles. The zero-order chi connectivity index (χ0) is 7.82. The summed E-state index contributed by atoms with van der Waals surface area (Å²) in [6.07, 6.45) is 0.251. The van der Waals surface area contributed by atoms with Crippen LogP contribution in [0.15, 0.2) is 0 Å². The van der Waals surface area contributed by atoms with Gasteiger partial charge in [-0.2, -0.15) is 0 Å². The van der Waals surface area contributed by atoms with Crippen molar-refractivity contribution in [2.45, 2.75) is 12.5 Å². The Labute approximate surface area is 60.6 Å². The van der Waals surface area contributed by atoms with Gasteiger partial charge in [0.05, 0.1) is 25.9 Å². The van der Waals surface area contributed by atoms with E-state index in [0.29, 0.717) is 13.0 Å². The quantitative estimate of drug-likeness (QED) is 0.515. The Morgan fingerprint density at radius 3 is 2.70 bits per heavy atom. The smallest absolute Gasteiger partial charge is 0.0847 e. The number of ether oxygens (including phenoxy) is 1. The predicted molar refractivity (Wildman–Crippen MR) is 36.1 cm³/mol. The lowest BCUT2D eigenvalue weighted by molar-refractivity contribution is 0.0135. The molecular weight excluding hydrogens is 134 g/mol. The van der Waals surface area contributed by atoms with E-state index >= 15 is 0 Å². The minimum Gasteiger partial charge on any atom is -0.394 e. The highest BCUT2D eigenvalue weighted by Gasteiger charge is 2.04. The van der Waals surface area contributed by atoms with Crippen molar-refractivity contribution in [3.8, 4) is 0 Å². The molecule has 0 aromatic carbocycles. The van der Waals surface area contributed by atoms with Crippen LogP contribution in [0.1, 0.15) is 6.42 Å². The molecular formula is C6H14NO3. The van der Waals surface area contributed by atoms with E-state index in [0.717, 1.165) is 0 Å². The average molecular weight is 148 g/mol. The van der Waals surface area contributed by atoms with E-state index in [1.807, 2.05) is 0 Å². The summed E-state index contributed by atoms with van der Waals surface area (Å²) in [6, 6.07) is 0. The van der Waals surface area contributed by atoms with Crippen molar-refractivity contribution in [1.82, 2.24) is 0 Å². The highest BCUT2D eigenvalue weighted by Crippen LogP contribution is 1.94. The standard InChI is InChI=1S/C6H14NO3/c7-5-6(1-2-8)10-4-3-9/h6,9H,1-5,7H2. The topological polar surface area (TPSA) is 75.4 Å². The second-order valence-electron chi connectivity index (χ2n) is 1.94. The number of hydrogen-bond acceptors (Lipinski definition) is 3. The van der Waals surface area contributed by atoms with Gasteiger partial charge in [0.1, 0.15) is 0 Å². The molecule has 0 rings (SSSR count). The molecule has 0 aliphatic carbocycles. The molecule has 10 heavy (non-hydrogen) atoms. The molecule has 1 unspecified atom stereocenters. The summed E-state index contributed by atoms with van der Waals surface area (Å²) >= 11 is 0. The summed E-state index contributed by atoms with van der Waals surface area (Å²) in [5.41, 5.74) is 5.25. The highest BCUT2D eigenvalue weighted by molar-refractivity contribution is 4.56. The van der Waals surface area contributed by atoms with Crippen molar-refractivity contribution in [2.24, 2.45) is 5.73 Å². The molecule has 0 bridgehead atoms. The van der Waals surface area contributed by atoms with E-state index < -0.39 is 0 Å². The van der Waals surface area contributed by atoms with Crippen LogP contribution in [-0.4, -0.2) is 37.6 Å². The Bertz CT molecular complexity index is 70.0. The van der Waals surface area contributed by atoms with Crippen molar-refractivity contribution < 1.29 is 14.9 Å². The molecule has 1 atom stereocenters. The first-order valence-electron chi connectivity index (χ1n) is 3.35. The van der Waals surface area contributed by atoms with Crippen molar-refractivity contribution in [3.05, 3.63) is 0 Å². The molecule has 3 N–H and O–H groups in total. The van der Waals surface area contributed by atoms with Gasteiger partial charge < -0.3 is 15.6 Å². The zero-order valence-corrected chi connectivity index (χ0v) is 5.95. The van der Waals surface area contributed by atoms with E-state index in [9.17, 15) is 5.11 Å². The molecule has 0 spiro atoms. The molecule has 4 nitrogen and oxygen atoms in total. The molecule has 0 fully saturated rings. The molecule has 0 aromatic heterocycles. The number of aliphatic hydroxyl groups excluding tert-OH is 1. The summed E-state index contributed by atoms with van der Waals surface area (Å²) in [5, 5.41) is 18.4. The van der Waals surface area contributed by atoms with Crippen molar-refractivity contribution in [3.63, 3.8) is 0 Å². The summed E-state index contributed by atoms with van der Waals surface area (Å²) in [7, 11) is 0. The van der Waals surface area contributed by atoms with Crippen LogP contribution in [0, 0.1) is 0 Å². The fraction of sp³-hybridized carbons (Fsp3) is 1.00. The Hall–Kier alpha value is -0.160. The lowest BCUT2D eigenvalue weighted by Crippen LogP contribution is -2.25. The van der Waals surface area contributed by atoms with Gasteiger partial charge in [-0.15, -0.1) is 0 Å². The normalized spacial score (nSPS) is 13.5. The van der Waals surface area contributed by atoms with Crippen LogP contribution in [0.4, 0.5) is 0 Å².